The number of carboxylic acids is 1. The predicted molar refractivity (Wildman–Crippen MR) is 94.4 cm³/mol. The summed E-state index contributed by atoms with van der Waals surface area (Å²) in [6.45, 7) is 5.72. The number of piperidine rings is 1. The SMILES string of the molecule is C[C@H](Oc1ccc(CN2CCC(Cn3ccnc3)CC2)cc1)C(=O)O. The molecular weight excluding hydrogens is 318 g/mol. The first-order valence-corrected chi connectivity index (χ1v) is 8.76. The number of imidazole rings is 1. The van der Waals surface area contributed by atoms with E-state index >= 15 is 0 Å². The highest BCUT2D eigenvalue weighted by molar-refractivity contribution is 5.72. The van der Waals surface area contributed by atoms with Crippen LogP contribution in [0.15, 0.2) is 43.0 Å². The first-order chi connectivity index (χ1) is 12.1. The molecule has 2 aromatic rings. The normalized spacial score (nSPS) is 17.3. The molecule has 6 nitrogen and oxygen atoms in total. The molecule has 134 valence electrons. The van der Waals surface area contributed by atoms with Crippen LogP contribution in [0.5, 0.6) is 5.75 Å². The number of aliphatic carboxylic acids is 1. The summed E-state index contributed by atoms with van der Waals surface area (Å²) >= 11 is 0. The van der Waals surface area contributed by atoms with Gasteiger partial charge in [0.1, 0.15) is 5.75 Å². The van der Waals surface area contributed by atoms with Gasteiger partial charge in [-0.3, -0.25) is 4.90 Å². The Hall–Kier alpha value is -2.34. The van der Waals surface area contributed by atoms with Gasteiger partial charge in [-0.25, -0.2) is 9.78 Å². The minimum atomic E-state index is -0.956. The third-order valence-corrected chi connectivity index (χ3v) is 4.73. The molecule has 1 atom stereocenters. The van der Waals surface area contributed by atoms with Crippen molar-refractivity contribution in [1.82, 2.24) is 14.5 Å². The molecule has 0 saturated carbocycles. The Morgan fingerprint density at radius 3 is 2.64 bits per heavy atom. The van der Waals surface area contributed by atoms with E-state index in [2.05, 4.69) is 14.5 Å². The van der Waals surface area contributed by atoms with Gasteiger partial charge >= 0.3 is 5.97 Å². The van der Waals surface area contributed by atoms with Crippen LogP contribution in [-0.4, -0.2) is 44.7 Å². The van der Waals surface area contributed by atoms with E-state index < -0.39 is 12.1 Å². The van der Waals surface area contributed by atoms with E-state index in [9.17, 15) is 4.79 Å². The number of aromatic nitrogens is 2. The lowest BCUT2D eigenvalue weighted by Crippen LogP contribution is -2.34. The quantitative estimate of drug-likeness (QED) is 0.837. The molecule has 0 bridgehead atoms. The summed E-state index contributed by atoms with van der Waals surface area (Å²) in [6, 6.07) is 7.73. The van der Waals surface area contributed by atoms with Crippen LogP contribution in [-0.2, 0) is 17.9 Å². The summed E-state index contributed by atoms with van der Waals surface area (Å²) in [4.78, 5) is 17.4. The predicted octanol–water partition coefficient (Wildman–Crippen LogP) is 2.65. The first-order valence-electron chi connectivity index (χ1n) is 8.76. The van der Waals surface area contributed by atoms with E-state index in [1.54, 1.807) is 0 Å². The Morgan fingerprint density at radius 1 is 1.32 bits per heavy atom. The minimum absolute atomic E-state index is 0.595. The van der Waals surface area contributed by atoms with Crippen molar-refractivity contribution >= 4 is 5.97 Å². The fourth-order valence-electron chi connectivity index (χ4n) is 3.21. The topological polar surface area (TPSA) is 67.6 Å². The van der Waals surface area contributed by atoms with Crippen LogP contribution >= 0.6 is 0 Å². The van der Waals surface area contributed by atoms with Gasteiger partial charge < -0.3 is 14.4 Å². The molecule has 1 aromatic carbocycles. The lowest BCUT2D eigenvalue weighted by Gasteiger charge is -2.32. The summed E-state index contributed by atoms with van der Waals surface area (Å²) < 4.78 is 7.53. The summed E-state index contributed by atoms with van der Waals surface area (Å²) in [6.07, 6.45) is 7.33. The number of likely N-dealkylation sites (tertiary alicyclic amines) is 1. The van der Waals surface area contributed by atoms with Crippen LogP contribution in [0.1, 0.15) is 25.3 Å². The van der Waals surface area contributed by atoms with Crippen molar-refractivity contribution < 1.29 is 14.6 Å². The Morgan fingerprint density at radius 2 is 2.04 bits per heavy atom. The molecule has 0 radical (unpaired) electrons. The highest BCUT2D eigenvalue weighted by atomic mass is 16.5. The minimum Gasteiger partial charge on any atom is -0.479 e. The zero-order valence-corrected chi connectivity index (χ0v) is 14.5. The summed E-state index contributed by atoms with van der Waals surface area (Å²) in [5.74, 6) is 0.360. The number of benzene rings is 1. The molecule has 3 rings (SSSR count). The van der Waals surface area contributed by atoms with Crippen molar-refractivity contribution in [3.8, 4) is 5.75 Å². The Labute approximate surface area is 148 Å². The fourth-order valence-corrected chi connectivity index (χ4v) is 3.21. The van der Waals surface area contributed by atoms with E-state index in [0.717, 1.165) is 32.1 Å². The largest absolute Gasteiger partial charge is 0.479 e. The van der Waals surface area contributed by atoms with Gasteiger partial charge in [-0.05, 0) is 56.5 Å². The zero-order chi connectivity index (χ0) is 17.6. The Bertz CT molecular complexity index is 662. The summed E-state index contributed by atoms with van der Waals surface area (Å²) in [7, 11) is 0. The fraction of sp³-hybridized carbons (Fsp3) is 0.474. The number of carbonyl (C=O) groups is 1. The molecule has 0 amide bonds. The molecule has 1 saturated heterocycles. The van der Waals surface area contributed by atoms with Gasteiger partial charge in [-0.1, -0.05) is 12.1 Å². The molecule has 1 aliphatic rings. The van der Waals surface area contributed by atoms with Gasteiger partial charge in [0, 0.05) is 25.5 Å². The molecular formula is C19H25N3O3. The van der Waals surface area contributed by atoms with E-state index in [1.165, 1.54) is 25.3 Å². The first kappa shape index (κ1) is 17.5. The molecule has 25 heavy (non-hydrogen) atoms. The van der Waals surface area contributed by atoms with Gasteiger partial charge in [0.15, 0.2) is 6.10 Å². The number of carboxylic acid groups (broad SMARTS) is 1. The molecule has 0 aliphatic carbocycles. The third kappa shape index (κ3) is 5.06. The maximum absolute atomic E-state index is 10.8. The molecule has 2 heterocycles. The van der Waals surface area contributed by atoms with E-state index in [0.29, 0.717) is 5.75 Å². The van der Waals surface area contributed by atoms with Crippen molar-refractivity contribution in [3.05, 3.63) is 48.5 Å². The summed E-state index contributed by atoms with van der Waals surface area (Å²) in [5.41, 5.74) is 1.23. The number of hydrogen-bond donors (Lipinski definition) is 1. The van der Waals surface area contributed by atoms with Crippen molar-refractivity contribution in [1.29, 1.82) is 0 Å². The van der Waals surface area contributed by atoms with Crippen molar-refractivity contribution in [2.75, 3.05) is 13.1 Å². The van der Waals surface area contributed by atoms with Crippen LogP contribution in [0, 0.1) is 5.92 Å². The molecule has 0 spiro atoms. The highest BCUT2D eigenvalue weighted by Crippen LogP contribution is 2.21. The van der Waals surface area contributed by atoms with Gasteiger partial charge in [0.05, 0.1) is 6.33 Å². The van der Waals surface area contributed by atoms with E-state index in [4.69, 9.17) is 9.84 Å². The van der Waals surface area contributed by atoms with Gasteiger partial charge in [-0.15, -0.1) is 0 Å². The van der Waals surface area contributed by atoms with Gasteiger partial charge in [0.2, 0.25) is 0 Å². The van der Waals surface area contributed by atoms with Crippen LogP contribution < -0.4 is 4.74 Å². The third-order valence-electron chi connectivity index (χ3n) is 4.73. The van der Waals surface area contributed by atoms with Crippen LogP contribution in [0.25, 0.3) is 0 Å². The Balaban J connectivity index is 1.45. The van der Waals surface area contributed by atoms with Crippen LogP contribution in [0.2, 0.25) is 0 Å². The van der Waals surface area contributed by atoms with Crippen molar-refractivity contribution in [2.45, 2.75) is 39.0 Å². The molecule has 6 heteroatoms. The maximum atomic E-state index is 10.8. The number of rotatable bonds is 7. The van der Waals surface area contributed by atoms with E-state index in [1.807, 2.05) is 43.0 Å². The average molecular weight is 343 g/mol. The smallest absolute Gasteiger partial charge is 0.344 e. The zero-order valence-electron chi connectivity index (χ0n) is 14.5. The second-order valence-electron chi connectivity index (χ2n) is 6.72. The molecule has 1 aromatic heterocycles. The van der Waals surface area contributed by atoms with Crippen molar-refractivity contribution in [2.24, 2.45) is 5.92 Å². The molecule has 1 fully saturated rings. The summed E-state index contributed by atoms with van der Waals surface area (Å²) in [5, 5.41) is 8.88. The second kappa shape index (κ2) is 8.16. The van der Waals surface area contributed by atoms with Gasteiger partial charge in [-0.2, -0.15) is 0 Å². The standard InChI is InChI=1S/C19H25N3O3/c1-15(19(23)24)25-18-4-2-16(3-5-18)12-21-9-6-17(7-10-21)13-22-11-8-20-14-22/h2-5,8,11,14-15,17H,6-7,9-10,12-13H2,1H3,(H,23,24)/t15-/m0/s1. The van der Waals surface area contributed by atoms with Crippen molar-refractivity contribution in [3.63, 3.8) is 0 Å². The van der Waals surface area contributed by atoms with Gasteiger partial charge in [0.25, 0.3) is 0 Å². The van der Waals surface area contributed by atoms with E-state index in [-0.39, 0.29) is 0 Å². The maximum Gasteiger partial charge on any atom is 0.344 e. The number of hydrogen-bond acceptors (Lipinski definition) is 4. The monoisotopic (exact) mass is 343 g/mol. The second-order valence-corrected chi connectivity index (χ2v) is 6.72. The molecule has 0 unspecified atom stereocenters. The van der Waals surface area contributed by atoms with Crippen LogP contribution in [0.4, 0.5) is 0 Å². The lowest BCUT2D eigenvalue weighted by molar-refractivity contribution is -0.144. The average Bonchev–Trinajstić information content (AvgIpc) is 3.11. The lowest BCUT2D eigenvalue weighted by atomic mass is 9.96. The van der Waals surface area contributed by atoms with Crippen LogP contribution in [0.3, 0.4) is 0 Å². The Kier molecular flexibility index (Phi) is 5.71. The molecule has 1 N–H and O–H groups in total. The number of ether oxygens (including phenoxy) is 1. The highest BCUT2D eigenvalue weighted by Gasteiger charge is 2.19. The number of nitrogens with zero attached hydrogens (tertiary/aromatic N) is 3. The molecule has 1 aliphatic heterocycles.